The zero-order chi connectivity index (χ0) is 12.1. The van der Waals surface area contributed by atoms with Crippen LogP contribution in [0.5, 0.6) is 0 Å². The first-order valence-corrected chi connectivity index (χ1v) is 6.70. The highest BCUT2D eigenvalue weighted by molar-refractivity contribution is 9.09. The average Bonchev–Trinajstić information content (AvgIpc) is 2.76. The van der Waals surface area contributed by atoms with Gasteiger partial charge < -0.3 is 5.32 Å². The lowest BCUT2D eigenvalue weighted by molar-refractivity contribution is -0.116. The Morgan fingerprint density at radius 3 is 3.12 bits per heavy atom. The molecule has 0 saturated heterocycles. The largest absolute Gasteiger partial charge is 0.326 e. The number of carbonyl (C=O) groups is 1. The van der Waals surface area contributed by atoms with Crippen LogP contribution in [0.4, 0.5) is 5.69 Å². The zero-order valence-corrected chi connectivity index (χ0v) is 11.0. The van der Waals surface area contributed by atoms with Gasteiger partial charge in [0.15, 0.2) is 0 Å². The molecule has 0 atom stereocenters. The average molecular weight is 296 g/mol. The maximum Gasteiger partial charge on any atom is 0.224 e. The van der Waals surface area contributed by atoms with Gasteiger partial charge in [-0.3, -0.25) is 9.89 Å². The number of nitrogens with zero attached hydrogens (tertiary/aromatic N) is 1. The van der Waals surface area contributed by atoms with Crippen molar-refractivity contribution in [2.45, 2.75) is 19.3 Å². The number of H-pyrrole nitrogens is 1. The number of amides is 1. The van der Waals surface area contributed by atoms with Crippen LogP contribution in [0.25, 0.3) is 10.9 Å². The summed E-state index contributed by atoms with van der Waals surface area (Å²) in [6.45, 7) is 0. The van der Waals surface area contributed by atoms with Gasteiger partial charge >= 0.3 is 0 Å². The summed E-state index contributed by atoms with van der Waals surface area (Å²) in [5, 5.41) is 11.7. The van der Waals surface area contributed by atoms with Crippen LogP contribution in [-0.4, -0.2) is 21.4 Å². The number of benzene rings is 1. The lowest BCUT2D eigenvalue weighted by Crippen LogP contribution is -2.10. The molecule has 5 heteroatoms. The molecule has 0 saturated carbocycles. The second-order valence-corrected chi connectivity index (χ2v) is 4.66. The lowest BCUT2D eigenvalue weighted by atomic mass is 10.2. The Balaban J connectivity index is 1.95. The minimum atomic E-state index is 0.0600. The molecular formula is C12H14BrN3O. The van der Waals surface area contributed by atoms with Crippen LogP contribution >= 0.6 is 15.9 Å². The minimum absolute atomic E-state index is 0.0600. The number of carbonyl (C=O) groups excluding carboxylic acids is 1. The van der Waals surface area contributed by atoms with Gasteiger partial charge in [0.05, 0.1) is 11.7 Å². The summed E-state index contributed by atoms with van der Waals surface area (Å²) >= 11 is 3.35. The van der Waals surface area contributed by atoms with Crippen LogP contribution in [-0.2, 0) is 4.79 Å². The number of unbranched alkanes of at least 4 members (excludes halogenated alkanes) is 1. The summed E-state index contributed by atoms with van der Waals surface area (Å²) in [4.78, 5) is 11.6. The van der Waals surface area contributed by atoms with Crippen molar-refractivity contribution >= 4 is 38.4 Å². The summed E-state index contributed by atoms with van der Waals surface area (Å²) in [5.74, 6) is 0.0600. The molecule has 0 aliphatic carbocycles. The zero-order valence-electron chi connectivity index (χ0n) is 9.37. The predicted octanol–water partition coefficient (Wildman–Crippen LogP) is 3.07. The van der Waals surface area contributed by atoms with E-state index in [1.807, 2.05) is 18.2 Å². The van der Waals surface area contributed by atoms with E-state index in [1.54, 1.807) is 6.20 Å². The van der Waals surface area contributed by atoms with Crippen molar-refractivity contribution in [3.63, 3.8) is 0 Å². The molecule has 0 aliphatic heterocycles. The van der Waals surface area contributed by atoms with Crippen LogP contribution < -0.4 is 5.32 Å². The molecule has 90 valence electrons. The molecule has 0 aliphatic rings. The van der Waals surface area contributed by atoms with Crippen molar-refractivity contribution in [2.24, 2.45) is 0 Å². The number of fused-ring (bicyclic) bond motifs is 1. The molecule has 2 aromatic rings. The number of hydrogen-bond acceptors (Lipinski definition) is 2. The van der Waals surface area contributed by atoms with Crippen molar-refractivity contribution in [1.82, 2.24) is 10.2 Å². The second-order valence-electron chi connectivity index (χ2n) is 3.87. The molecule has 0 unspecified atom stereocenters. The third-order valence-corrected chi connectivity index (χ3v) is 3.07. The van der Waals surface area contributed by atoms with E-state index in [-0.39, 0.29) is 5.91 Å². The third-order valence-electron chi connectivity index (χ3n) is 2.51. The third kappa shape index (κ3) is 3.30. The van der Waals surface area contributed by atoms with Crippen molar-refractivity contribution in [1.29, 1.82) is 0 Å². The molecule has 2 rings (SSSR count). The Morgan fingerprint density at radius 1 is 1.41 bits per heavy atom. The number of anilines is 1. The first-order chi connectivity index (χ1) is 8.29. The normalized spacial score (nSPS) is 10.6. The van der Waals surface area contributed by atoms with Gasteiger partial charge in [0, 0.05) is 22.8 Å². The monoisotopic (exact) mass is 295 g/mol. The van der Waals surface area contributed by atoms with Gasteiger partial charge in [0.1, 0.15) is 0 Å². The summed E-state index contributed by atoms with van der Waals surface area (Å²) in [5.41, 5.74) is 1.74. The van der Waals surface area contributed by atoms with Gasteiger partial charge in [-0.1, -0.05) is 15.9 Å². The molecule has 0 radical (unpaired) electrons. The van der Waals surface area contributed by atoms with Gasteiger partial charge in [-0.05, 0) is 31.0 Å². The number of aromatic amines is 1. The van der Waals surface area contributed by atoms with Gasteiger partial charge in [0.2, 0.25) is 5.91 Å². The summed E-state index contributed by atoms with van der Waals surface area (Å²) < 4.78 is 0. The van der Waals surface area contributed by atoms with Gasteiger partial charge in [0.25, 0.3) is 0 Å². The van der Waals surface area contributed by atoms with E-state index in [2.05, 4.69) is 31.4 Å². The van der Waals surface area contributed by atoms with Crippen LogP contribution in [0.2, 0.25) is 0 Å². The fraction of sp³-hybridized carbons (Fsp3) is 0.333. The highest BCUT2D eigenvalue weighted by atomic mass is 79.9. The Hall–Kier alpha value is -1.36. The smallest absolute Gasteiger partial charge is 0.224 e. The summed E-state index contributed by atoms with van der Waals surface area (Å²) in [6.07, 6.45) is 4.25. The Bertz CT molecular complexity index is 509. The van der Waals surface area contributed by atoms with Crippen molar-refractivity contribution in [3.8, 4) is 0 Å². The van der Waals surface area contributed by atoms with Gasteiger partial charge in [-0.25, -0.2) is 0 Å². The van der Waals surface area contributed by atoms with Crippen LogP contribution in [0.3, 0.4) is 0 Å². The molecule has 0 spiro atoms. The first-order valence-electron chi connectivity index (χ1n) is 5.58. The van der Waals surface area contributed by atoms with Gasteiger partial charge in [-0.2, -0.15) is 5.10 Å². The Morgan fingerprint density at radius 2 is 2.29 bits per heavy atom. The molecule has 0 bridgehead atoms. The maximum atomic E-state index is 11.6. The van der Waals surface area contributed by atoms with Crippen molar-refractivity contribution in [2.75, 3.05) is 10.6 Å². The molecule has 17 heavy (non-hydrogen) atoms. The number of rotatable bonds is 5. The molecule has 4 nitrogen and oxygen atoms in total. The number of halogens is 1. The maximum absolute atomic E-state index is 11.6. The van der Waals surface area contributed by atoms with E-state index < -0.39 is 0 Å². The van der Waals surface area contributed by atoms with Gasteiger partial charge in [-0.15, -0.1) is 0 Å². The Labute approximate surface area is 108 Å². The van der Waals surface area contributed by atoms with E-state index in [9.17, 15) is 4.79 Å². The molecule has 2 N–H and O–H groups in total. The highest BCUT2D eigenvalue weighted by Crippen LogP contribution is 2.16. The van der Waals surface area contributed by atoms with E-state index in [1.165, 1.54) is 0 Å². The van der Waals surface area contributed by atoms with Crippen LogP contribution in [0.15, 0.2) is 24.4 Å². The lowest BCUT2D eigenvalue weighted by Gasteiger charge is -2.04. The van der Waals surface area contributed by atoms with E-state index in [0.29, 0.717) is 6.42 Å². The SMILES string of the molecule is O=C(CCCCBr)Nc1ccc2cn[nH]c2c1. The number of alkyl halides is 1. The van der Waals surface area contributed by atoms with Crippen LogP contribution in [0, 0.1) is 0 Å². The summed E-state index contributed by atoms with van der Waals surface area (Å²) in [6, 6.07) is 5.72. The molecule has 1 heterocycles. The van der Waals surface area contributed by atoms with E-state index >= 15 is 0 Å². The standard InChI is InChI=1S/C12H14BrN3O/c13-6-2-1-3-12(17)15-10-5-4-9-8-14-16-11(9)7-10/h4-5,7-8H,1-3,6H2,(H,14,16)(H,15,17). The van der Waals surface area contributed by atoms with Crippen molar-refractivity contribution < 1.29 is 4.79 Å². The fourth-order valence-electron chi connectivity index (χ4n) is 1.62. The highest BCUT2D eigenvalue weighted by Gasteiger charge is 2.03. The number of hydrogen-bond donors (Lipinski definition) is 2. The summed E-state index contributed by atoms with van der Waals surface area (Å²) in [7, 11) is 0. The number of nitrogens with one attached hydrogen (secondary N) is 2. The molecule has 1 aromatic heterocycles. The molecule has 1 amide bonds. The second kappa shape index (κ2) is 5.82. The van der Waals surface area contributed by atoms with E-state index in [0.717, 1.165) is 34.8 Å². The van der Waals surface area contributed by atoms with Crippen LogP contribution in [0.1, 0.15) is 19.3 Å². The Kier molecular flexibility index (Phi) is 4.14. The van der Waals surface area contributed by atoms with Crippen molar-refractivity contribution in [3.05, 3.63) is 24.4 Å². The first kappa shape index (κ1) is 12.1. The minimum Gasteiger partial charge on any atom is -0.326 e. The molecular weight excluding hydrogens is 282 g/mol. The van der Waals surface area contributed by atoms with E-state index in [4.69, 9.17) is 0 Å². The quantitative estimate of drug-likeness (QED) is 0.658. The predicted molar refractivity (Wildman–Crippen MR) is 72.4 cm³/mol. The number of aromatic nitrogens is 2. The molecule has 0 fully saturated rings. The molecule has 1 aromatic carbocycles. The fourth-order valence-corrected chi connectivity index (χ4v) is 2.01. The topological polar surface area (TPSA) is 57.8 Å².